The van der Waals surface area contributed by atoms with E-state index in [2.05, 4.69) is 22.1 Å². The molecule has 0 spiro atoms. The number of thioether (sulfide) groups is 1. The van der Waals surface area contributed by atoms with Crippen LogP contribution in [0.3, 0.4) is 0 Å². The third-order valence-corrected chi connectivity index (χ3v) is 7.85. The molecule has 0 aliphatic rings. The SMILES string of the molecule is C=CCn1c(CS(=O)(=O)c2ccc(C)cc2)nnc1SCC(=O)Nc1ccc(Oc2ccccc2)cc1. The van der Waals surface area contributed by atoms with Crippen molar-refractivity contribution in [3.8, 4) is 11.5 Å². The number of hydrogen-bond donors (Lipinski definition) is 1. The topological polar surface area (TPSA) is 103 Å². The first-order valence-electron chi connectivity index (χ1n) is 11.4. The standard InChI is InChI=1S/C27H26N4O4S2/c1-3-17-31-25(19-37(33,34)24-15-9-20(2)10-16-24)29-30-27(31)36-18-26(32)28-21-11-13-23(14-12-21)35-22-7-5-4-6-8-22/h3-16H,1,17-19H2,2H3,(H,28,32). The van der Waals surface area contributed by atoms with Gasteiger partial charge in [0.05, 0.1) is 10.6 Å². The van der Waals surface area contributed by atoms with Crippen LogP contribution in [0.4, 0.5) is 5.69 Å². The van der Waals surface area contributed by atoms with Gasteiger partial charge in [-0.25, -0.2) is 8.42 Å². The average Bonchev–Trinajstić information content (AvgIpc) is 3.25. The first kappa shape index (κ1) is 26.2. The number of amides is 1. The van der Waals surface area contributed by atoms with Crippen LogP contribution in [0, 0.1) is 6.92 Å². The maximum atomic E-state index is 12.9. The van der Waals surface area contributed by atoms with Crippen molar-refractivity contribution in [2.45, 2.75) is 29.3 Å². The summed E-state index contributed by atoms with van der Waals surface area (Å²) in [6, 6.07) is 23.2. The number of ether oxygens (including phenoxy) is 1. The van der Waals surface area contributed by atoms with Crippen molar-refractivity contribution in [1.82, 2.24) is 14.8 Å². The lowest BCUT2D eigenvalue weighted by molar-refractivity contribution is -0.113. The van der Waals surface area contributed by atoms with Gasteiger partial charge < -0.3 is 14.6 Å². The molecule has 0 aliphatic heterocycles. The van der Waals surface area contributed by atoms with Crippen LogP contribution in [0.2, 0.25) is 0 Å². The Morgan fingerprint density at radius 1 is 1.00 bits per heavy atom. The molecule has 1 amide bonds. The van der Waals surface area contributed by atoms with Gasteiger partial charge in [0.1, 0.15) is 23.1 Å². The maximum Gasteiger partial charge on any atom is 0.234 e. The summed E-state index contributed by atoms with van der Waals surface area (Å²) in [5.74, 6) is 1.21. The summed E-state index contributed by atoms with van der Waals surface area (Å²) < 4.78 is 33.2. The number of hydrogen-bond acceptors (Lipinski definition) is 7. The van der Waals surface area contributed by atoms with Gasteiger partial charge >= 0.3 is 0 Å². The fraction of sp³-hybridized carbons (Fsp3) is 0.148. The summed E-state index contributed by atoms with van der Waals surface area (Å²) in [7, 11) is -3.61. The van der Waals surface area contributed by atoms with Crippen LogP contribution >= 0.6 is 11.8 Å². The van der Waals surface area contributed by atoms with E-state index in [1.807, 2.05) is 37.3 Å². The number of carbonyl (C=O) groups excluding carboxylic acids is 1. The summed E-state index contributed by atoms with van der Waals surface area (Å²) in [6.45, 7) is 5.96. The molecule has 0 bridgehead atoms. The second-order valence-electron chi connectivity index (χ2n) is 8.15. The minimum Gasteiger partial charge on any atom is -0.457 e. The molecule has 0 saturated carbocycles. The summed E-state index contributed by atoms with van der Waals surface area (Å²) in [5, 5.41) is 11.5. The van der Waals surface area contributed by atoms with Gasteiger partial charge in [-0.05, 0) is 55.5 Å². The minimum absolute atomic E-state index is 0.0717. The van der Waals surface area contributed by atoms with Gasteiger partial charge in [0.15, 0.2) is 15.0 Å². The summed E-state index contributed by atoms with van der Waals surface area (Å²) in [6.07, 6.45) is 1.63. The van der Waals surface area contributed by atoms with Crippen LogP contribution in [0.25, 0.3) is 0 Å². The molecule has 1 aromatic heterocycles. The highest BCUT2D eigenvalue weighted by Crippen LogP contribution is 2.24. The molecule has 0 atom stereocenters. The van der Waals surface area contributed by atoms with Gasteiger partial charge in [-0.1, -0.05) is 53.7 Å². The van der Waals surface area contributed by atoms with Gasteiger partial charge in [-0.2, -0.15) is 0 Å². The molecule has 3 aromatic carbocycles. The molecule has 8 nitrogen and oxygen atoms in total. The molecule has 0 saturated heterocycles. The van der Waals surface area contributed by atoms with E-state index < -0.39 is 9.84 Å². The number of para-hydroxylation sites is 1. The van der Waals surface area contributed by atoms with E-state index in [1.165, 1.54) is 11.8 Å². The zero-order valence-electron chi connectivity index (χ0n) is 20.2. The smallest absolute Gasteiger partial charge is 0.234 e. The molecule has 1 heterocycles. The van der Waals surface area contributed by atoms with E-state index >= 15 is 0 Å². The van der Waals surface area contributed by atoms with E-state index in [1.54, 1.807) is 59.2 Å². The highest BCUT2D eigenvalue weighted by molar-refractivity contribution is 7.99. The summed E-state index contributed by atoms with van der Waals surface area (Å²) in [5.41, 5.74) is 1.60. The van der Waals surface area contributed by atoms with Gasteiger partial charge in [0.25, 0.3) is 0 Å². The van der Waals surface area contributed by atoms with Gasteiger partial charge in [-0.15, -0.1) is 16.8 Å². The number of anilines is 1. The maximum absolute atomic E-state index is 12.9. The predicted molar refractivity (Wildman–Crippen MR) is 145 cm³/mol. The molecule has 0 aliphatic carbocycles. The second-order valence-corrected chi connectivity index (χ2v) is 11.1. The Labute approximate surface area is 220 Å². The molecular formula is C27H26N4O4S2. The predicted octanol–water partition coefficient (Wildman–Crippen LogP) is 5.27. The highest BCUT2D eigenvalue weighted by atomic mass is 32.2. The Morgan fingerprint density at radius 2 is 1.68 bits per heavy atom. The van der Waals surface area contributed by atoms with Gasteiger partial charge in [0, 0.05) is 12.2 Å². The monoisotopic (exact) mass is 534 g/mol. The first-order valence-corrected chi connectivity index (χ1v) is 14.1. The number of allylic oxidation sites excluding steroid dienone is 1. The highest BCUT2D eigenvalue weighted by Gasteiger charge is 2.21. The number of benzene rings is 3. The molecule has 37 heavy (non-hydrogen) atoms. The van der Waals surface area contributed by atoms with Crippen molar-refractivity contribution in [2.75, 3.05) is 11.1 Å². The first-order chi connectivity index (χ1) is 17.8. The fourth-order valence-electron chi connectivity index (χ4n) is 3.40. The van der Waals surface area contributed by atoms with E-state index in [0.29, 0.717) is 23.1 Å². The van der Waals surface area contributed by atoms with Crippen molar-refractivity contribution in [1.29, 1.82) is 0 Å². The van der Waals surface area contributed by atoms with Crippen LogP contribution in [-0.2, 0) is 26.9 Å². The molecule has 0 fully saturated rings. The number of nitrogens with zero attached hydrogens (tertiary/aromatic N) is 3. The number of sulfone groups is 1. The summed E-state index contributed by atoms with van der Waals surface area (Å²) >= 11 is 1.17. The number of rotatable bonds is 11. The van der Waals surface area contributed by atoms with Crippen LogP contribution in [0.5, 0.6) is 11.5 Å². The minimum atomic E-state index is -3.61. The van der Waals surface area contributed by atoms with Crippen LogP contribution < -0.4 is 10.1 Å². The van der Waals surface area contributed by atoms with Crippen LogP contribution in [-0.4, -0.2) is 34.8 Å². The molecule has 10 heteroatoms. The van der Waals surface area contributed by atoms with Gasteiger partial charge in [-0.3, -0.25) is 4.79 Å². The molecule has 4 rings (SSSR count). The Hall–Kier alpha value is -3.89. The molecule has 190 valence electrons. The van der Waals surface area contributed by atoms with E-state index in [9.17, 15) is 13.2 Å². The van der Waals surface area contributed by atoms with Crippen LogP contribution in [0.1, 0.15) is 11.4 Å². The van der Waals surface area contributed by atoms with Crippen molar-refractivity contribution < 1.29 is 17.9 Å². The fourth-order valence-corrected chi connectivity index (χ4v) is 5.44. The molecule has 0 unspecified atom stereocenters. The number of nitrogens with one attached hydrogen (secondary N) is 1. The van der Waals surface area contributed by atoms with Crippen molar-refractivity contribution in [3.63, 3.8) is 0 Å². The molecule has 4 aromatic rings. The average molecular weight is 535 g/mol. The Bertz CT molecular complexity index is 1470. The van der Waals surface area contributed by atoms with E-state index in [-0.39, 0.29) is 28.1 Å². The molecular weight excluding hydrogens is 508 g/mol. The molecule has 1 N–H and O–H groups in total. The van der Waals surface area contributed by atoms with Crippen LogP contribution in [0.15, 0.2) is 102 Å². The van der Waals surface area contributed by atoms with Crippen molar-refractivity contribution in [3.05, 3.63) is 103 Å². The quantitative estimate of drug-likeness (QED) is 0.207. The lowest BCUT2D eigenvalue weighted by atomic mass is 10.2. The second kappa shape index (κ2) is 11.9. The number of aryl methyl sites for hydroxylation is 1. The lowest BCUT2D eigenvalue weighted by Gasteiger charge is -2.09. The molecule has 0 radical (unpaired) electrons. The Kier molecular flexibility index (Phi) is 8.42. The zero-order valence-corrected chi connectivity index (χ0v) is 21.8. The van der Waals surface area contributed by atoms with E-state index in [4.69, 9.17) is 4.74 Å². The lowest BCUT2D eigenvalue weighted by Crippen LogP contribution is -2.15. The Morgan fingerprint density at radius 3 is 2.35 bits per heavy atom. The third-order valence-electron chi connectivity index (χ3n) is 5.25. The van der Waals surface area contributed by atoms with Crippen molar-refractivity contribution >= 4 is 33.2 Å². The Balaban J connectivity index is 1.37. The largest absolute Gasteiger partial charge is 0.457 e. The summed E-state index contributed by atoms with van der Waals surface area (Å²) in [4.78, 5) is 12.8. The number of carbonyl (C=O) groups is 1. The van der Waals surface area contributed by atoms with Gasteiger partial charge in [0.2, 0.25) is 5.91 Å². The normalized spacial score (nSPS) is 11.2. The van der Waals surface area contributed by atoms with Crippen molar-refractivity contribution in [2.24, 2.45) is 0 Å². The van der Waals surface area contributed by atoms with E-state index in [0.717, 1.165) is 11.3 Å². The number of aromatic nitrogens is 3. The zero-order chi connectivity index (χ0) is 26.3. The third kappa shape index (κ3) is 7.08.